The van der Waals surface area contributed by atoms with Gasteiger partial charge in [0.2, 0.25) is 0 Å². The SMILES string of the molecule is COc1cc(-c2ccc(C)c(Cl)c2)c(C)cc1-c1ncnc2cc(S(=O)(=O)Cc3ncccn3)ccc12. The number of benzene rings is 3. The van der Waals surface area contributed by atoms with Gasteiger partial charge in [-0.2, -0.15) is 0 Å². The molecule has 0 saturated carbocycles. The third-order valence-corrected chi connectivity index (χ3v) is 8.21. The van der Waals surface area contributed by atoms with E-state index in [4.69, 9.17) is 16.3 Å². The summed E-state index contributed by atoms with van der Waals surface area (Å²) in [6.07, 6.45) is 4.47. The second-order valence-corrected chi connectivity index (χ2v) is 11.1. The number of fused-ring (bicyclic) bond motifs is 1. The first-order chi connectivity index (χ1) is 17.8. The molecule has 0 saturated heterocycles. The molecule has 0 aliphatic heterocycles. The van der Waals surface area contributed by atoms with Gasteiger partial charge in [-0.3, -0.25) is 0 Å². The van der Waals surface area contributed by atoms with Crippen LogP contribution in [0, 0.1) is 13.8 Å². The molecular formula is C28H23ClN4O3S. The van der Waals surface area contributed by atoms with Gasteiger partial charge in [0.05, 0.1) is 23.2 Å². The summed E-state index contributed by atoms with van der Waals surface area (Å²) < 4.78 is 31.8. The largest absolute Gasteiger partial charge is 0.496 e. The normalized spacial score (nSPS) is 11.6. The van der Waals surface area contributed by atoms with Gasteiger partial charge in [-0.15, -0.1) is 0 Å². The van der Waals surface area contributed by atoms with Gasteiger partial charge in [-0.1, -0.05) is 23.7 Å². The maximum atomic E-state index is 13.0. The molecule has 3 aromatic carbocycles. The van der Waals surface area contributed by atoms with Crippen LogP contribution in [0.25, 0.3) is 33.3 Å². The van der Waals surface area contributed by atoms with Crippen LogP contribution in [0.3, 0.4) is 0 Å². The average molecular weight is 531 g/mol. The fourth-order valence-electron chi connectivity index (χ4n) is 4.22. The van der Waals surface area contributed by atoms with Crippen molar-refractivity contribution >= 4 is 32.3 Å². The van der Waals surface area contributed by atoms with Crippen molar-refractivity contribution in [3.8, 4) is 28.1 Å². The molecule has 0 spiro atoms. The molecule has 186 valence electrons. The maximum absolute atomic E-state index is 13.0. The van der Waals surface area contributed by atoms with Gasteiger partial charge >= 0.3 is 0 Å². The number of methoxy groups -OCH3 is 1. The molecule has 37 heavy (non-hydrogen) atoms. The molecule has 0 amide bonds. The summed E-state index contributed by atoms with van der Waals surface area (Å²) in [5.74, 6) is 0.575. The van der Waals surface area contributed by atoms with Gasteiger partial charge < -0.3 is 4.74 Å². The van der Waals surface area contributed by atoms with E-state index in [0.717, 1.165) is 27.8 Å². The quantitative estimate of drug-likeness (QED) is 0.265. The topological polar surface area (TPSA) is 94.9 Å². The van der Waals surface area contributed by atoms with Crippen LogP contribution in [0.15, 0.2) is 78.2 Å². The van der Waals surface area contributed by atoms with E-state index in [1.165, 1.54) is 18.7 Å². The Kier molecular flexibility index (Phi) is 6.62. The molecule has 0 radical (unpaired) electrons. The molecule has 2 aromatic heterocycles. The number of aryl methyl sites for hydroxylation is 2. The molecule has 0 N–H and O–H groups in total. The van der Waals surface area contributed by atoms with Crippen LogP contribution in [0.4, 0.5) is 0 Å². The number of hydrogen-bond acceptors (Lipinski definition) is 7. The van der Waals surface area contributed by atoms with Crippen LogP contribution in [-0.4, -0.2) is 35.5 Å². The highest BCUT2D eigenvalue weighted by molar-refractivity contribution is 7.90. The molecule has 5 rings (SSSR count). The Labute approximate surface area is 220 Å². The summed E-state index contributed by atoms with van der Waals surface area (Å²) in [4.78, 5) is 17.1. The van der Waals surface area contributed by atoms with Gasteiger partial charge in [-0.25, -0.2) is 28.4 Å². The van der Waals surface area contributed by atoms with E-state index in [0.29, 0.717) is 27.4 Å². The van der Waals surface area contributed by atoms with Crippen LogP contribution in [-0.2, 0) is 15.6 Å². The zero-order chi connectivity index (χ0) is 26.2. The number of halogens is 1. The maximum Gasteiger partial charge on any atom is 0.185 e. The first-order valence-electron chi connectivity index (χ1n) is 11.5. The minimum atomic E-state index is -3.67. The van der Waals surface area contributed by atoms with Crippen molar-refractivity contribution in [2.45, 2.75) is 24.5 Å². The van der Waals surface area contributed by atoms with E-state index >= 15 is 0 Å². The van der Waals surface area contributed by atoms with E-state index in [9.17, 15) is 8.42 Å². The lowest BCUT2D eigenvalue weighted by molar-refractivity contribution is 0.416. The smallest absolute Gasteiger partial charge is 0.185 e. The van der Waals surface area contributed by atoms with Crippen molar-refractivity contribution in [2.75, 3.05) is 7.11 Å². The number of hydrogen-bond donors (Lipinski definition) is 0. The zero-order valence-electron chi connectivity index (χ0n) is 20.4. The number of ether oxygens (including phenoxy) is 1. The zero-order valence-corrected chi connectivity index (χ0v) is 22.0. The highest BCUT2D eigenvalue weighted by Gasteiger charge is 2.20. The van der Waals surface area contributed by atoms with E-state index in [2.05, 4.69) is 19.9 Å². The summed E-state index contributed by atoms with van der Waals surface area (Å²) >= 11 is 6.37. The van der Waals surface area contributed by atoms with Gasteiger partial charge in [0.15, 0.2) is 9.84 Å². The molecule has 5 aromatic rings. The summed E-state index contributed by atoms with van der Waals surface area (Å²) in [6.45, 7) is 3.99. The Morgan fingerprint density at radius 2 is 1.65 bits per heavy atom. The van der Waals surface area contributed by atoms with Crippen LogP contribution in [0.5, 0.6) is 5.75 Å². The Bertz CT molecular complexity index is 1740. The summed E-state index contributed by atoms with van der Waals surface area (Å²) in [5, 5.41) is 1.41. The van der Waals surface area contributed by atoms with Crippen molar-refractivity contribution < 1.29 is 13.2 Å². The van der Waals surface area contributed by atoms with Gasteiger partial charge in [0.25, 0.3) is 0 Å². The number of rotatable bonds is 6. The van der Waals surface area contributed by atoms with Crippen molar-refractivity contribution in [2.24, 2.45) is 0 Å². The lowest BCUT2D eigenvalue weighted by atomic mass is 9.95. The van der Waals surface area contributed by atoms with E-state index in [1.807, 2.05) is 44.2 Å². The van der Waals surface area contributed by atoms with Crippen molar-refractivity contribution in [1.29, 1.82) is 0 Å². The Balaban J connectivity index is 1.58. The van der Waals surface area contributed by atoms with Crippen LogP contribution >= 0.6 is 11.6 Å². The molecule has 2 heterocycles. The number of aromatic nitrogens is 4. The minimum Gasteiger partial charge on any atom is -0.496 e. The monoisotopic (exact) mass is 530 g/mol. The predicted molar refractivity (Wildman–Crippen MR) is 144 cm³/mol. The summed E-state index contributed by atoms with van der Waals surface area (Å²) in [5.41, 5.74) is 5.95. The van der Waals surface area contributed by atoms with E-state index in [-0.39, 0.29) is 16.5 Å². The average Bonchev–Trinajstić information content (AvgIpc) is 2.90. The molecule has 0 unspecified atom stereocenters. The van der Waals surface area contributed by atoms with E-state index < -0.39 is 9.84 Å². The fraction of sp³-hybridized carbons (Fsp3) is 0.143. The van der Waals surface area contributed by atoms with Gasteiger partial charge in [0, 0.05) is 28.4 Å². The van der Waals surface area contributed by atoms with Gasteiger partial charge in [0.1, 0.15) is 23.7 Å². The number of sulfone groups is 1. The lowest BCUT2D eigenvalue weighted by Gasteiger charge is -2.15. The highest BCUT2D eigenvalue weighted by Crippen LogP contribution is 2.39. The second-order valence-electron chi connectivity index (χ2n) is 8.66. The highest BCUT2D eigenvalue weighted by atomic mass is 35.5. The van der Waals surface area contributed by atoms with E-state index in [1.54, 1.807) is 31.4 Å². The summed E-state index contributed by atoms with van der Waals surface area (Å²) in [7, 11) is -2.05. The van der Waals surface area contributed by atoms with Gasteiger partial charge in [-0.05, 0) is 78.6 Å². The Hall–Kier alpha value is -3.88. The standard InChI is InChI=1S/C28H23ClN4O3S/c1-17-5-6-19(12-24(17)29)22-14-26(36-3)23(11-18(22)2)28-21-8-7-20(13-25(21)32-16-33-28)37(34,35)15-27-30-9-4-10-31-27/h4-14,16H,15H2,1-3H3. The fourth-order valence-corrected chi connectivity index (χ4v) is 5.62. The first-order valence-corrected chi connectivity index (χ1v) is 13.5. The van der Waals surface area contributed by atoms with Crippen molar-refractivity contribution in [3.05, 3.63) is 95.3 Å². The third-order valence-electron chi connectivity index (χ3n) is 6.19. The van der Waals surface area contributed by atoms with Crippen LogP contribution in [0.2, 0.25) is 5.02 Å². The molecule has 0 bridgehead atoms. The number of nitrogens with zero attached hydrogens (tertiary/aromatic N) is 4. The molecule has 0 aliphatic carbocycles. The predicted octanol–water partition coefficient (Wildman–Crippen LogP) is 6.01. The molecular weight excluding hydrogens is 508 g/mol. The third kappa shape index (κ3) is 4.90. The summed E-state index contributed by atoms with van der Waals surface area (Å²) in [6, 6.07) is 16.4. The second kappa shape index (κ2) is 9.88. The Morgan fingerprint density at radius 3 is 2.38 bits per heavy atom. The molecule has 9 heteroatoms. The van der Waals surface area contributed by atoms with Crippen LogP contribution in [0.1, 0.15) is 17.0 Å². The first kappa shape index (κ1) is 24.8. The minimum absolute atomic E-state index is 0.145. The van der Waals surface area contributed by atoms with Crippen molar-refractivity contribution in [1.82, 2.24) is 19.9 Å². The lowest BCUT2D eigenvalue weighted by Crippen LogP contribution is -2.08. The molecule has 0 fully saturated rings. The Morgan fingerprint density at radius 1 is 0.865 bits per heavy atom. The molecule has 7 nitrogen and oxygen atoms in total. The molecule has 0 atom stereocenters. The van der Waals surface area contributed by atoms with Crippen LogP contribution < -0.4 is 4.74 Å². The molecule has 0 aliphatic rings. The van der Waals surface area contributed by atoms with Crippen molar-refractivity contribution in [3.63, 3.8) is 0 Å².